The van der Waals surface area contributed by atoms with E-state index in [4.69, 9.17) is 0 Å². The highest BCUT2D eigenvalue weighted by Gasteiger charge is 2.15. The highest BCUT2D eigenvalue weighted by molar-refractivity contribution is 7.92. The summed E-state index contributed by atoms with van der Waals surface area (Å²) >= 11 is 0. The summed E-state index contributed by atoms with van der Waals surface area (Å²) in [5, 5.41) is 0. The van der Waals surface area contributed by atoms with Crippen molar-refractivity contribution in [2.45, 2.75) is 32.6 Å². The van der Waals surface area contributed by atoms with Crippen LogP contribution < -0.4 is 9.62 Å². The van der Waals surface area contributed by atoms with Gasteiger partial charge in [0.25, 0.3) is 0 Å². The molecule has 0 amide bonds. The second-order valence-corrected chi connectivity index (χ2v) is 6.58. The minimum absolute atomic E-state index is 0.136. The summed E-state index contributed by atoms with van der Waals surface area (Å²) in [6, 6.07) is 0. The molecule has 106 valence electrons. The van der Waals surface area contributed by atoms with E-state index in [9.17, 15) is 8.42 Å². The van der Waals surface area contributed by atoms with E-state index in [0.29, 0.717) is 18.1 Å². The standard InChI is InChI=1S/C12H20N4O2S/c1-2-3-8-19(17,18)15-11-9-13-12(14-10-11)16-6-4-5-7-16/h9-10,15H,2-8H2,1H3. The molecule has 0 aromatic carbocycles. The normalized spacial score (nSPS) is 15.7. The van der Waals surface area contributed by atoms with E-state index in [2.05, 4.69) is 19.6 Å². The van der Waals surface area contributed by atoms with Crippen LogP contribution >= 0.6 is 0 Å². The van der Waals surface area contributed by atoms with Crippen LogP contribution in [0.5, 0.6) is 0 Å². The first kappa shape index (κ1) is 14.0. The highest BCUT2D eigenvalue weighted by atomic mass is 32.2. The third kappa shape index (κ3) is 4.05. The van der Waals surface area contributed by atoms with E-state index in [1.54, 1.807) is 0 Å². The van der Waals surface area contributed by atoms with Crippen LogP contribution in [0.15, 0.2) is 12.4 Å². The van der Waals surface area contributed by atoms with Gasteiger partial charge in [0.15, 0.2) is 0 Å². The van der Waals surface area contributed by atoms with Gasteiger partial charge < -0.3 is 4.90 Å². The van der Waals surface area contributed by atoms with Crippen LogP contribution in [0.2, 0.25) is 0 Å². The summed E-state index contributed by atoms with van der Waals surface area (Å²) in [7, 11) is -3.27. The van der Waals surface area contributed by atoms with Gasteiger partial charge in [-0.1, -0.05) is 13.3 Å². The van der Waals surface area contributed by atoms with E-state index in [0.717, 1.165) is 32.4 Å². The monoisotopic (exact) mass is 284 g/mol. The van der Waals surface area contributed by atoms with Gasteiger partial charge in [0, 0.05) is 13.1 Å². The predicted molar refractivity (Wildman–Crippen MR) is 75.8 cm³/mol. The lowest BCUT2D eigenvalue weighted by atomic mass is 10.4. The first-order chi connectivity index (χ1) is 9.11. The van der Waals surface area contributed by atoms with Gasteiger partial charge in [0.2, 0.25) is 16.0 Å². The van der Waals surface area contributed by atoms with Crippen molar-refractivity contribution in [1.29, 1.82) is 0 Å². The van der Waals surface area contributed by atoms with Gasteiger partial charge in [-0.05, 0) is 19.3 Å². The Morgan fingerprint density at radius 1 is 1.26 bits per heavy atom. The predicted octanol–water partition coefficient (Wildman–Crippen LogP) is 1.62. The van der Waals surface area contributed by atoms with E-state index in [-0.39, 0.29) is 5.75 Å². The molecule has 1 saturated heterocycles. The molecule has 0 spiro atoms. The molecule has 1 aromatic rings. The van der Waals surface area contributed by atoms with Crippen LogP contribution in [-0.4, -0.2) is 37.2 Å². The molecule has 1 aliphatic heterocycles. The molecule has 0 atom stereocenters. The molecule has 1 fully saturated rings. The van der Waals surface area contributed by atoms with Crippen molar-refractivity contribution in [2.24, 2.45) is 0 Å². The molecule has 0 bridgehead atoms. The molecule has 1 aromatic heterocycles. The van der Waals surface area contributed by atoms with Crippen LogP contribution in [0.4, 0.5) is 11.6 Å². The van der Waals surface area contributed by atoms with Crippen molar-refractivity contribution in [2.75, 3.05) is 28.5 Å². The Kier molecular flexibility index (Phi) is 4.57. The number of rotatable bonds is 6. The van der Waals surface area contributed by atoms with Gasteiger partial charge in [-0.25, -0.2) is 18.4 Å². The summed E-state index contributed by atoms with van der Waals surface area (Å²) in [6.07, 6.45) is 6.89. The van der Waals surface area contributed by atoms with E-state index >= 15 is 0 Å². The molecule has 19 heavy (non-hydrogen) atoms. The van der Waals surface area contributed by atoms with Gasteiger partial charge in [-0.15, -0.1) is 0 Å². The fourth-order valence-electron chi connectivity index (χ4n) is 2.02. The van der Waals surface area contributed by atoms with Crippen molar-refractivity contribution in [3.8, 4) is 0 Å². The van der Waals surface area contributed by atoms with Crippen LogP contribution in [0.25, 0.3) is 0 Å². The van der Waals surface area contributed by atoms with E-state index < -0.39 is 10.0 Å². The number of sulfonamides is 1. The van der Waals surface area contributed by atoms with Crippen LogP contribution in [0.1, 0.15) is 32.6 Å². The fourth-order valence-corrected chi connectivity index (χ4v) is 3.25. The summed E-state index contributed by atoms with van der Waals surface area (Å²) in [5.74, 6) is 0.811. The van der Waals surface area contributed by atoms with Gasteiger partial charge in [0.1, 0.15) is 0 Å². The smallest absolute Gasteiger partial charge is 0.232 e. The zero-order valence-corrected chi connectivity index (χ0v) is 12.0. The van der Waals surface area contributed by atoms with Crippen LogP contribution in [0, 0.1) is 0 Å². The second-order valence-electron chi connectivity index (χ2n) is 4.74. The largest absolute Gasteiger partial charge is 0.341 e. The fraction of sp³-hybridized carbons (Fsp3) is 0.667. The number of nitrogens with one attached hydrogen (secondary N) is 1. The zero-order valence-electron chi connectivity index (χ0n) is 11.2. The number of hydrogen-bond acceptors (Lipinski definition) is 5. The van der Waals surface area contributed by atoms with Gasteiger partial charge in [0.05, 0.1) is 23.8 Å². The lowest BCUT2D eigenvalue weighted by molar-refractivity contribution is 0.598. The molecule has 6 nitrogen and oxygen atoms in total. The van der Waals surface area contributed by atoms with Gasteiger partial charge >= 0.3 is 0 Å². The number of anilines is 2. The Balaban J connectivity index is 1.98. The maximum Gasteiger partial charge on any atom is 0.232 e. The Morgan fingerprint density at radius 2 is 1.89 bits per heavy atom. The minimum atomic E-state index is -3.27. The molecule has 1 aliphatic rings. The van der Waals surface area contributed by atoms with Crippen molar-refractivity contribution >= 4 is 21.7 Å². The highest BCUT2D eigenvalue weighted by Crippen LogP contribution is 2.16. The van der Waals surface area contributed by atoms with Crippen molar-refractivity contribution in [1.82, 2.24) is 9.97 Å². The molecule has 2 heterocycles. The van der Waals surface area contributed by atoms with Crippen LogP contribution in [0.3, 0.4) is 0 Å². The molecular formula is C12H20N4O2S. The Labute approximate surface area is 114 Å². The van der Waals surface area contributed by atoms with Gasteiger partial charge in [-0.3, -0.25) is 4.72 Å². The van der Waals surface area contributed by atoms with Crippen molar-refractivity contribution < 1.29 is 8.42 Å². The van der Waals surface area contributed by atoms with Crippen molar-refractivity contribution in [3.63, 3.8) is 0 Å². The molecule has 2 rings (SSSR count). The summed E-state index contributed by atoms with van der Waals surface area (Å²) in [4.78, 5) is 10.5. The Bertz CT molecular complexity index is 495. The number of hydrogen-bond donors (Lipinski definition) is 1. The minimum Gasteiger partial charge on any atom is -0.341 e. The number of aromatic nitrogens is 2. The molecule has 0 saturated carbocycles. The molecule has 7 heteroatoms. The summed E-state index contributed by atoms with van der Waals surface area (Å²) in [6.45, 7) is 3.91. The average molecular weight is 284 g/mol. The Morgan fingerprint density at radius 3 is 2.47 bits per heavy atom. The molecule has 0 aliphatic carbocycles. The lowest BCUT2D eigenvalue weighted by Gasteiger charge is -2.15. The summed E-state index contributed by atoms with van der Waals surface area (Å²) < 4.78 is 25.9. The molecule has 0 unspecified atom stereocenters. The van der Waals surface area contributed by atoms with E-state index in [1.165, 1.54) is 12.4 Å². The average Bonchev–Trinajstić information content (AvgIpc) is 2.91. The van der Waals surface area contributed by atoms with Gasteiger partial charge in [-0.2, -0.15) is 0 Å². The maximum absolute atomic E-state index is 11.7. The summed E-state index contributed by atoms with van der Waals surface area (Å²) in [5.41, 5.74) is 0.430. The molecule has 1 N–H and O–H groups in total. The quantitative estimate of drug-likeness (QED) is 0.859. The first-order valence-corrected chi connectivity index (χ1v) is 8.33. The maximum atomic E-state index is 11.7. The topological polar surface area (TPSA) is 75.2 Å². The van der Waals surface area contributed by atoms with Crippen LogP contribution in [-0.2, 0) is 10.0 Å². The molecular weight excluding hydrogens is 264 g/mol. The van der Waals surface area contributed by atoms with E-state index in [1.807, 2.05) is 6.92 Å². The second kappa shape index (κ2) is 6.18. The lowest BCUT2D eigenvalue weighted by Crippen LogP contribution is -2.21. The number of unbranched alkanes of at least 4 members (excludes halogenated alkanes) is 1. The molecule has 0 radical (unpaired) electrons. The third-order valence-electron chi connectivity index (χ3n) is 3.07. The number of nitrogens with zero attached hydrogens (tertiary/aromatic N) is 3. The third-order valence-corrected chi connectivity index (χ3v) is 4.44. The van der Waals surface area contributed by atoms with Crippen molar-refractivity contribution in [3.05, 3.63) is 12.4 Å². The first-order valence-electron chi connectivity index (χ1n) is 6.68. The zero-order chi connectivity index (χ0) is 13.7. The Hall–Kier alpha value is -1.37. The SMILES string of the molecule is CCCCS(=O)(=O)Nc1cnc(N2CCCC2)nc1.